The molecule has 55 heavy (non-hydrogen) atoms. The molecule has 0 saturated carbocycles. The van der Waals surface area contributed by atoms with Gasteiger partial charge in [0, 0.05) is 21.5 Å². The minimum absolute atomic E-state index is 0.941. The van der Waals surface area contributed by atoms with E-state index in [1.165, 1.54) is 92.5 Å². The first-order valence-electron chi connectivity index (χ1n) is 19.0. The molecule has 1 heteroatoms. The van der Waals surface area contributed by atoms with Gasteiger partial charge >= 0.3 is 0 Å². The fourth-order valence-corrected chi connectivity index (χ4v) is 9.47. The highest BCUT2D eigenvalue weighted by Crippen LogP contribution is 2.48. The lowest BCUT2D eigenvalue weighted by atomic mass is 9.85. The van der Waals surface area contributed by atoms with Crippen LogP contribution in [0.15, 0.2) is 199 Å². The van der Waals surface area contributed by atoms with Crippen LogP contribution < -0.4 is 0 Å². The average molecular weight is 697 g/mol. The van der Waals surface area contributed by atoms with Gasteiger partial charge in [0.2, 0.25) is 0 Å². The molecule has 0 saturated heterocycles. The number of fused-ring (bicyclic) bond motifs is 15. The van der Waals surface area contributed by atoms with Gasteiger partial charge in [-0.2, -0.15) is 0 Å². The van der Waals surface area contributed by atoms with Gasteiger partial charge < -0.3 is 4.42 Å². The SMILES string of the molecule is c1ccc(-c2c3ccccc3c(-c3cccc(-c4ccc5c6ccccc6c6c(oc7c8ccccc8c8ccccc8c76)c5c4)c3)c3ccccc23)cc1. The van der Waals surface area contributed by atoms with Gasteiger partial charge in [0.15, 0.2) is 0 Å². The third kappa shape index (κ3) is 4.35. The van der Waals surface area contributed by atoms with Crippen molar-refractivity contribution in [2.45, 2.75) is 0 Å². The summed E-state index contributed by atoms with van der Waals surface area (Å²) in [4.78, 5) is 0. The van der Waals surface area contributed by atoms with Gasteiger partial charge in [-0.25, -0.2) is 0 Å². The first-order chi connectivity index (χ1) is 27.3. The lowest BCUT2D eigenvalue weighted by Crippen LogP contribution is -1.91. The van der Waals surface area contributed by atoms with Crippen LogP contribution in [-0.2, 0) is 0 Å². The Kier molecular flexibility index (Phi) is 6.40. The number of rotatable bonds is 3. The molecule has 0 atom stereocenters. The van der Waals surface area contributed by atoms with E-state index in [4.69, 9.17) is 4.42 Å². The molecule has 254 valence electrons. The fraction of sp³-hybridized carbons (Fsp3) is 0. The summed E-state index contributed by atoms with van der Waals surface area (Å²) in [6.45, 7) is 0. The van der Waals surface area contributed by atoms with Gasteiger partial charge in [-0.1, -0.05) is 182 Å². The van der Waals surface area contributed by atoms with Crippen LogP contribution in [0, 0.1) is 0 Å². The molecule has 0 fully saturated rings. The van der Waals surface area contributed by atoms with Crippen LogP contribution in [0.4, 0.5) is 0 Å². The first-order valence-corrected chi connectivity index (χ1v) is 19.0. The molecule has 11 aromatic carbocycles. The smallest absolute Gasteiger partial charge is 0.143 e. The van der Waals surface area contributed by atoms with E-state index in [0.29, 0.717) is 0 Å². The van der Waals surface area contributed by atoms with Crippen molar-refractivity contribution in [3.63, 3.8) is 0 Å². The van der Waals surface area contributed by atoms with E-state index in [2.05, 4.69) is 194 Å². The van der Waals surface area contributed by atoms with Crippen LogP contribution >= 0.6 is 0 Å². The summed E-state index contributed by atoms with van der Waals surface area (Å²) in [6, 6.07) is 70.8. The van der Waals surface area contributed by atoms with E-state index in [1.807, 2.05) is 0 Å². The Morgan fingerprint density at radius 1 is 0.218 bits per heavy atom. The van der Waals surface area contributed by atoms with Gasteiger partial charge in [-0.3, -0.25) is 0 Å². The van der Waals surface area contributed by atoms with Gasteiger partial charge in [-0.15, -0.1) is 0 Å². The van der Waals surface area contributed by atoms with Crippen molar-refractivity contribution in [3.05, 3.63) is 194 Å². The van der Waals surface area contributed by atoms with Crippen LogP contribution in [0.3, 0.4) is 0 Å². The molecule has 0 aliphatic heterocycles. The molecule has 0 aliphatic rings. The molecule has 1 aromatic heterocycles. The minimum atomic E-state index is 0.941. The van der Waals surface area contributed by atoms with Crippen LogP contribution in [0.5, 0.6) is 0 Å². The molecule has 0 amide bonds. The minimum Gasteiger partial charge on any atom is -0.455 e. The van der Waals surface area contributed by atoms with E-state index in [0.717, 1.165) is 27.5 Å². The molecular formula is C54H32O. The summed E-state index contributed by atoms with van der Waals surface area (Å²) in [5.41, 5.74) is 9.21. The maximum Gasteiger partial charge on any atom is 0.143 e. The molecule has 1 heterocycles. The summed E-state index contributed by atoms with van der Waals surface area (Å²) in [5, 5.41) is 17.0. The predicted octanol–water partition coefficient (Wildman–Crippen LogP) is 15.5. The molecule has 0 unspecified atom stereocenters. The molecule has 1 nitrogen and oxygen atoms in total. The summed E-state index contributed by atoms with van der Waals surface area (Å²) in [5.74, 6) is 0. The van der Waals surface area contributed by atoms with Crippen LogP contribution in [0.25, 0.3) is 120 Å². The summed E-state index contributed by atoms with van der Waals surface area (Å²) in [7, 11) is 0. The van der Waals surface area contributed by atoms with Crippen molar-refractivity contribution in [1.82, 2.24) is 0 Å². The maximum atomic E-state index is 7.12. The monoisotopic (exact) mass is 696 g/mol. The Balaban J connectivity index is 1.13. The molecule has 0 bridgehead atoms. The highest BCUT2D eigenvalue weighted by atomic mass is 16.3. The Hall–Kier alpha value is -7.22. The van der Waals surface area contributed by atoms with E-state index in [9.17, 15) is 0 Å². The summed E-state index contributed by atoms with van der Waals surface area (Å²) < 4.78 is 7.12. The van der Waals surface area contributed by atoms with Gasteiger partial charge in [-0.05, 0) is 99.4 Å². The second-order valence-electron chi connectivity index (χ2n) is 14.7. The van der Waals surface area contributed by atoms with Gasteiger partial charge in [0.25, 0.3) is 0 Å². The third-order valence-electron chi connectivity index (χ3n) is 11.8. The number of furan rings is 1. The molecule has 0 radical (unpaired) electrons. The topological polar surface area (TPSA) is 13.1 Å². The van der Waals surface area contributed by atoms with Gasteiger partial charge in [0.1, 0.15) is 11.2 Å². The largest absolute Gasteiger partial charge is 0.455 e. The zero-order chi connectivity index (χ0) is 36.0. The van der Waals surface area contributed by atoms with E-state index >= 15 is 0 Å². The van der Waals surface area contributed by atoms with Crippen molar-refractivity contribution in [1.29, 1.82) is 0 Å². The third-order valence-corrected chi connectivity index (χ3v) is 11.8. The Labute approximate surface area is 317 Å². The molecular weight excluding hydrogens is 665 g/mol. The Morgan fingerprint density at radius 3 is 1.18 bits per heavy atom. The molecule has 0 N–H and O–H groups in total. The number of hydrogen-bond acceptors (Lipinski definition) is 1. The van der Waals surface area contributed by atoms with Crippen molar-refractivity contribution in [2.75, 3.05) is 0 Å². The van der Waals surface area contributed by atoms with Crippen molar-refractivity contribution < 1.29 is 4.42 Å². The Bertz CT molecular complexity index is 3480. The number of benzene rings is 11. The molecule has 12 rings (SSSR count). The predicted molar refractivity (Wildman–Crippen MR) is 235 cm³/mol. The fourth-order valence-electron chi connectivity index (χ4n) is 9.47. The highest BCUT2D eigenvalue weighted by Gasteiger charge is 2.21. The Morgan fingerprint density at radius 2 is 0.600 bits per heavy atom. The normalized spacial score (nSPS) is 12.0. The van der Waals surface area contributed by atoms with Crippen molar-refractivity contribution >= 4 is 86.6 Å². The van der Waals surface area contributed by atoms with Crippen LogP contribution in [0.1, 0.15) is 0 Å². The van der Waals surface area contributed by atoms with Crippen molar-refractivity contribution in [3.8, 4) is 33.4 Å². The van der Waals surface area contributed by atoms with Crippen LogP contribution in [-0.4, -0.2) is 0 Å². The lowest BCUT2D eigenvalue weighted by molar-refractivity contribution is 0.677. The highest BCUT2D eigenvalue weighted by molar-refractivity contribution is 6.38. The quantitative estimate of drug-likeness (QED) is 0.132. The zero-order valence-electron chi connectivity index (χ0n) is 29.9. The lowest BCUT2D eigenvalue weighted by Gasteiger charge is -2.18. The van der Waals surface area contributed by atoms with Crippen LogP contribution in [0.2, 0.25) is 0 Å². The summed E-state index contributed by atoms with van der Waals surface area (Å²) >= 11 is 0. The first kappa shape index (κ1) is 30.3. The van der Waals surface area contributed by atoms with Gasteiger partial charge in [0.05, 0.1) is 0 Å². The van der Waals surface area contributed by atoms with E-state index in [-0.39, 0.29) is 0 Å². The van der Waals surface area contributed by atoms with Crippen molar-refractivity contribution in [2.24, 2.45) is 0 Å². The standard InChI is InChI=1S/C54H32O/c1-2-15-33(16-3-1)49-43-24-9-11-26-45(43)50(46-27-12-10-25-44(46)49)36-18-14-17-34(31-36)35-29-30-40-38-20-5-8-23-42(38)52-51-41-22-7-4-19-37(41)39-21-6-13-28-47(39)53(51)55-54(52)48(40)32-35/h1-32H. The molecule has 12 aromatic rings. The van der Waals surface area contributed by atoms with E-state index in [1.54, 1.807) is 0 Å². The summed E-state index contributed by atoms with van der Waals surface area (Å²) in [6.07, 6.45) is 0. The number of hydrogen-bond donors (Lipinski definition) is 0. The average Bonchev–Trinajstić information content (AvgIpc) is 3.68. The van der Waals surface area contributed by atoms with E-state index < -0.39 is 0 Å². The maximum absolute atomic E-state index is 7.12. The second-order valence-corrected chi connectivity index (χ2v) is 14.7. The zero-order valence-corrected chi connectivity index (χ0v) is 29.9. The molecule has 0 aliphatic carbocycles. The molecule has 0 spiro atoms. The second kappa shape index (κ2) is 11.6.